The van der Waals surface area contributed by atoms with Crippen molar-refractivity contribution < 1.29 is 0 Å². The molecule has 0 saturated heterocycles. The number of nitrogens with zero attached hydrogens (tertiary/aromatic N) is 4. The fraction of sp³-hybridized carbons (Fsp3) is 0.150. The number of hydrogen-bond acceptors (Lipinski definition) is 4. The standard InChI is InChI=1S/C20H18N4O2/c1-13-6-4-5-7-18(13)23-10-8-16-14(19(23)25)12-15-17(21-16)9-11-24(20(15)26)22(2)3/h4-12H,1-3H3. The van der Waals surface area contributed by atoms with Gasteiger partial charge in [0, 0.05) is 26.5 Å². The first-order valence-corrected chi connectivity index (χ1v) is 8.29. The van der Waals surface area contributed by atoms with Crippen molar-refractivity contribution in [2.45, 2.75) is 6.92 Å². The van der Waals surface area contributed by atoms with Gasteiger partial charge in [-0.05, 0) is 36.8 Å². The summed E-state index contributed by atoms with van der Waals surface area (Å²) in [7, 11) is 3.57. The number of pyridine rings is 3. The predicted molar refractivity (Wildman–Crippen MR) is 104 cm³/mol. The summed E-state index contributed by atoms with van der Waals surface area (Å²) in [5, 5.41) is 2.54. The molecule has 6 heteroatoms. The number of para-hydroxylation sites is 1. The fourth-order valence-corrected chi connectivity index (χ4v) is 3.15. The van der Waals surface area contributed by atoms with Crippen LogP contribution >= 0.6 is 0 Å². The van der Waals surface area contributed by atoms with Crippen LogP contribution in [0.25, 0.3) is 27.5 Å². The molecule has 0 saturated carbocycles. The van der Waals surface area contributed by atoms with Gasteiger partial charge in [0.2, 0.25) is 0 Å². The summed E-state index contributed by atoms with van der Waals surface area (Å²) in [5.74, 6) is 0. The molecular weight excluding hydrogens is 328 g/mol. The van der Waals surface area contributed by atoms with E-state index in [-0.39, 0.29) is 11.1 Å². The quantitative estimate of drug-likeness (QED) is 0.522. The SMILES string of the molecule is Cc1ccccc1-n1ccc2nc3ccn(N(C)C)c(=O)c3cc2c1=O. The van der Waals surface area contributed by atoms with Crippen LogP contribution in [0.1, 0.15) is 5.56 Å². The lowest BCUT2D eigenvalue weighted by Crippen LogP contribution is -2.35. The molecule has 0 spiro atoms. The molecule has 0 aliphatic heterocycles. The number of fused-ring (bicyclic) bond motifs is 2. The minimum absolute atomic E-state index is 0.189. The molecule has 0 unspecified atom stereocenters. The summed E-state index contributed by atoms with van der Waals surface area (Å²) in [5.41, 5.74) is 2.58. The lowest BCUT2D eigenvalue weighted by molar-refractivity contribution is 0.706. The predicted octanol–water partition coefficient (Wildman–Crippen LogP) is 2.21. The number of rotatable bonds is 2. The molecule has 130 valence electrons. The lowest BCUT2D eigenvalue weighted by Gasteiger charge is -2.16. The van der Waals surface area contributed by atoms with Crippen molar-refractivity contribution in [3.8, 4) is 5.69 Å². The molecule has 1 aromatic carbocycles. The highest BCUT2D eigenvalue weighted by Gasteiger charge is 2.11. The van der Waals surface area contributed by atoms with Gasteiger partial charge in [-0.25, -0.2) is 9.66 Å². The maximum Gasteiger partial charge on any atom is 0.278 e. The molecule has 0 N–H and O–H groups in total. The molecule has 6 nitrogen and oxygen atoms in total. The summed E-state index contributed by atoms with van der Waals surface area (Å²) < 4.78 is 3.08. The van der Waals surface area contributed by atoms with Gasteiger partial charge in [0.05, 0.1) is 27.5 Å². The zero-order valence-electron chi connectivity index (χ0n) is 14.8. The van der Waals surface area contributed by atoms with Gasteiger partial charge >= 0.3 is 0 Å². The smallest absolute Gasteiger partial charge is 0.278 e. The van der Waals surface area contributed by atoms with Gasteiger partial charge in [-0.1, -0.05) is 18.2 Å². The van der Waals surface area contributed by atoms with Crippen molar-refractivity contribution in [1.29, 1.82) is 0 Å². The number of benzene rings is 1. The molecule has 3 aromatic heterocycles. The van der Waals surface area contributed by atoms with E-state index in [1.54, 1.807) is 54.3 Å². The first kappa shape index (κ1) is 16.1. The monoisotopic (exact) mass is 346 g/mol. The van der Waals surface area contributed by atoms with E-state index in [2.05, 4.69) is 4.98 Å². The van der Waals surface area contributed by atoms with E-state index in [4.69, 9.17) is 0 Å². The number of aromatic nitrogens is 3. The molecule has 26 heavy (non-hydrogen) atoms. The third kappa shape index (κ3) is 2.38. The molecule has 4 aromatic rings. The van der Waals surface area contributed by atoms with Gasteiger partial charge in [0.1, 0.15) is 0 Å². The van der Waals surface area contributed by atoms with Crippen LogP contribution in [0, 0.1) is 6.92 Å². The van der Waals surface area contributed by atoms with E-state index >= 15 is 0 Å². The first-order chi connectivity index (χ1) is 12.5. The largest absolute Gasteiger partial charge is 0.316 e. The van der Waals surface area contributed by atoms with Crippen LogP contribution in [0.3, 0.4) is 0 Å². The van der Waals surface area contributed by atoms with Gasteiger partial charge < -0.3 is 5.01 Å². The van der Waals surface area contributed by atoms with Crippen LogP contribution in [0.2, 0.25) is 0 Å². The van der Waals surface area contributed by atoms with E-state index in [1.807, 2.05) is 31.2 Å². The van der Waals surface area contributed by atoms with Crippen molar-refractivity contribution >= 4 is 21.8 Å². The Morgan fingerprint density at radius 3 is 2.23 bits per heavy atom. The van der Waals surface area contributed by atoms with E-state index in [9.17, 15) is 9.59 Å². The van der Waals surface area contributed by atoms with Crippen LogP contribution in [-0.2, 0) is 0 Å². The van der Waals surface area contributed by atoms with E-state index in [0.717, 1.165) is 11.3 Å². The molecule has 0 aliphatic carbocycles. The maximum atomic E-state index is 13.1. The van der Waals surface area contributed by atoms with Gasteiger partial charge in [-0.15, -0.1) is 0 Å². The Hall–Kier alpha value is -3.41. The van der Waals surface area contributed by atoms with Crippen LogP contribution in [0.15, 0.2) is 64.4 Å². The molecular formula is C20H18N4O2. The third-order valence-corrected chi connectivity index (χ3v) is 4.53. The summed E-state index contributed by atoms with van der Waals surface area (Å²) in [6.07, 6.45) is 3.41. The molecule has 0 radical (unpaired) electrons. The zero-order valence-corrected chi connectivity index (χ0v) is 14.8. The zero-order chi connectivity index (χ0) is 18.4. The van der Waals surface area contributed by atoms with E-state index < -0.39 is 0 Å². The highest BCUT2D eigenvalue weighted by Crippen LogP contribution is 2.17. The fourth-order valence-electron chi connectivity index (χ4n) is 3.15. The van der Waals surface area contributed by atoms with Crippen LogP contribution in [0.5, 0.6) is 0 Å². The topological polar surface area (TPSA) is 60.1 Å². The molecule has 0 atom stereocenters. The van der Waals surface area contributed by atoms with Gasteiger partial charge in [-0.2, -0.15) is 0 Å². The average Bonchev–Trinajstić information content (AvgIpc) is 2.62. The Morgan fingerprint density at radius 1 is 0.885 bits per heavy atom. The van der Waals surface area contributed by atoms with Crippen LogP contribution in [-0.4, -0.2) is 28.3 Å². The second-order valence-electron chi connectivity index (χ2n) is 6.44. The summed E-state index contributed by atoms with van der Waals surface area (Å²) in [6.45, 7) is 1.96. The summed E-state index contributed by atoms with van der Waals surface area (Å²) in [4.78, 5) is 30.3. The molecule has 0 bridgehead atoms. The van der Waals surface area contributed by atoms with Gasteiger partial charge in [0.15, 0.2) is 0 Å². The van der Waals surface area contributed by atoms with Gasteiger partial charge in [-0.3, -0.25) is 14.2 Å². The normalized spacial score (nSPS) is 11.2. The van der Waals surface area contributed by atoms with Gasteiger partial charge in [0.25, 0.3) is 11.1 Å². The highest BCUT2D eigenvalue weighted by atomic mass is 16.1. The second kappa shape index (κ2) is 5.84. The van der Waals surface area contributed by atoms with Crippen molar-refractivity contribution in [3.63, 3.8) is 0 Å². The Balaban J connectivity index is 2.07. The Labute approximate surface area is 149 Å². The van der Waals surface area contributed by atoms with E-state index in [0.29, 0.717) is 21.8 Å². The third-order valence-electron chi connectivity index (χ3n) is 4.53. The number of aryl methyl sites for hydroxylation is 1. The lowest BCUT2D eigenvalue weighted by atomic mass is 10.1. The molecule has 0 aliphatic rings. The average molecular weight is 346 g/mol. The minimum Gasteiger partial charge on any atom is -0.316 e. The van der Waals surface area contributed by atoms with Crippen molar-refractivity contribution in [1.82, 2.24) is 14.2 Å². The molecule has 0 amide bonds. The number of hydrogen-bond donors (Lipinski definition) is 0. The maximum absolute atomic E-state index is 13.1. The van der Waals surface area contributed by atoms with Crippen molar-refractivity contribution in [2.75, 3.05) is 19.1 Å². The molecule has 3 heterocycles. The molecule has 0 fully saturated rings. The van der Waals surface area contributed by atoms with Crippen molar-refractivity contribution in [2.24, 2.45) is 0 Å². The first-order valence-electron chi connectivity index (χ1n) is 8.29. The minimum atomic E-state index is -0.201. The van der Waals surface area contributed by atoms with Crippen LogP contribution in [0.4, 0.5) is 0 Å². The summed E-state index contributed by atoms with van der Waals surface area (Å²) in [6, 6.07) is 12.9. The van der Waals surface area contributed by atoms with Crippen molar-refractivity contribution in [3.05, 3.63) is 81.1 Å². The highest BCUT2D eigenvalue weighted by molar-refractivity contribution is 5.91. The Bertz CT molecular complexity index is 1270. The Morgan fingerprint density at radius 2 is 1.54 bits per heavy atom. The Kier molecular flexibility index (Phi) is 3.61. The summed E-state index contributed by atoms with van der Waals surface area (Å²) >= 11 is 0. The van der Waals surface area contributed by atoms with Crippen LogP contribution < -0.4 is 16.1 Å². The second-order valence-corrected chi connectivity index (χ2v) is 6.44. The van der Waals surface area contributed by atoms with E-state index in [1.165, 1.54) is 4.68 Å². The molecule has 4 rings (SSSR count).